The molecule has 2 aromatic carbocycles. The lowest BCUT2D eigenvalue weighted by molar-refractivity contribution is 0.0977. The number of hydrogen-bond acceptors (Lipinski definition) is 8. The maximum atomic E-state index is 13.3. The number of methoxy groups -OCH3 is 1. The van der Waals surface area contributed by atoms with Gasteiger partial charge in [-0.15, -0.1) is 0 Å². The number of aromatic nitrogens is 3. The summed E-state index contributed by atoms with van der Waals surface area (Å²) < 4.78 is 35.7. The Morgan fingerprint density at radius 2 is 2.08 bits per heavy atom. The molecular formula is C26H24N6O4S. The van der Waals surface area contributed by atoms with Crippen LogP contribution >= 0.6 is 0 Å². The largest absolute Gasteiger partial charge is 0.495 e. The van der Waals surface area contributed by atoms with Crippen LogP contribution in [-0.4, -0.2) is 49.3 Å². The Bertz CT molecular complexity index is 1610. The Balaban J connectivity index is 1.41. The number of pyridine rings is 1. The monoisotopic (exact) mass is 516 g/mol. The standard InChI is InChI=1S/C26H24N6O4S/c1-36-24-9-6-19(31-15-11-18(17-31)10-12-27)16-25(24)37(34,35)30-26(33)22-8-7-20-21(29-22)4-2-5-23(20)32-14-3-13-28-32/h2-9,13-14,16,18H,10-11,15,17H2,1H3,(H,30,33). The molecule has 0 bridgehead atoms. The van der Waals surface area contributed by atoms with Crippen LogP contribution in [0, 0.1) is 17.2 Å². The highest BCUT2D eigenvalue weighted by Crippen LogP contribution is 2.32. The van der Waals surface area contributed by atoms with Crippen LogP contribution < -0.4 is 14.4 Å². The molecule has 0 radical (unpaired) electrons. The smallest absolute Gasteiger partial charge is 0.283 e. The zero-order chi connectivity index (χ0) is 26.0. The van der Waals surface area contributed by atoms with Gasteiger partial charge in [0.2, 0.25) is 0 Å². The zero-order valence-corrected chi connectivity index (χ0v) is 20.9. The Hall–Kier alpha value is -4.43. The SMILES string of the molecule is COc1ccc(N2CCC(CC#N)C2)cc1S(=O)(=O)NC(=O)c1ccc2c(-n3cccn3)cccc2n1. The van der Waals surface area contributed by atoms with Gasteiger partial charge in [-0.05, 0) is 60.9 Å². The van der Waals surface area contributed by atoms with Gasteiger partial charge in [0, 0.05) is 43.0 Å². The molecule has 1 aliphatic rings. The van der Waals surface area contributed by atoms with Crippen molar-refractivity contribution >= 4 is 32.5 Å². The highest BCUT2D eigenvalue weighted by Gasteiger charge is 2.27. The van der Waals surface area contributed by atoms with E-state index in [-0.39, 0.29) is 22.3 Å². The summed E-state index contributed by atoms with van der Waals surface area (Å²) in [4.78, 5) is 19.3. The summed E-state index contributed by atoms with van der Waals surface area (Å²) >= 11 is 0. The molecule has 5 rings (SSSR count). The topological polar surface area (TPSA) is 130 Å². The van der Waals surface area contributed by atoms with E-state index < -0.39 is 15.9 Å². The normalized spacial score (nSPS) is 15.5. The van der Waals surface area contributed by atoms with Gasteiger partial charge in [-0.25, -0.2) is 22.8 Å². The fraction of sp³-hybridized carbons (Fsp3) is 0.231. The number of carbonyl (C=O) groups is 1. The number of nitrogens with one attached hydrogen (secondary N) is 1. The highest BCUT2D eigenvalue weighted by molar-refractivity contribution is 7.90. The third kappa shape index (κ3) is 4.83. The first-order valence-electron chi connectivity index (χ1n) is 11.7. The van der Waals surface area contributed by atoms with E-state index in [0.717, 1.165) is 17.5 Å². The Labute approximate surface area is 214 Å². The number of benzene rings is 2. The summed E-state index contributed by atoms with van der Waals surface area (Å²) in [5.74, 6) is -0.499. The van der Waals surface area contributed by atoms with Gasteiger partial charge in [0.1, 0.15) is 16.3 Å². The lowest BCUT2D eigenvalue weighted by Gasteiger charge is -2.20. The molecule has 1 N–H and O–H groups in total. The van der Waals surface area contributed by atoms with Gasteiger partial charge >= 0.3 is 0 Å². The number of hydrogen-bond donors (Lipinski definition) is 1. The molecule has 2 aromatic heterocycles. The Kier molecular flexibility index (Phi) is 6.50. The van der Waals surface area contributed by atoms with Crippen molar-refractivity contribution in [2.24, 2.45) is 5.92 Å². The number of amides is 1. The van der Waals surface area contributed by atoms with Crippen LogP contribution in [0.4, 0.5) is 5.69 Å². The summed E-state index contributed by atoms with van der Waals surface area (Å²) in [6.45, 7) is 1.37. The maximum Gasteiger partial charge on any atom is 0.283 e. The number of nitriles is 1. The fourth-order valence-electron chi connectivity index (χ4n) is 4.54. The number of ether oxygens (including phenoxy) is 1. The molecule has 0 spiro atoms. The van der Waals surface area contributed by atoms with Crippen molar-refractivity contribution in [3.05, 3.63) is 72.7 Å². The predicted molar refractivity (Wildman–Crippen MR) is 137 cm³/mol. The number of rotatable bonds is 7. The van der Waals surface area contributed by atoms with Crippen LogP contribution in [0.15, 0.2) is 71.9 Å². The van der Waals surface area contributed by atoms with Gasteiger partial charge in [0.05, 0.1) is 24.4 Å². The molecule has 10 nitrogen and oxygen atoms in total. The van der Waals surface area contributed by atoms with Crippen LogP contribution in [0.1, 0.15) is 23.3 Å². The number of fused-ring (bicyclic) bond motifs is 1. The van der Waals surface area contributed by atoms with E-state index in [1.54, 1.807) is 53.5 Å². The second-order valence-electron chi connectivity index (χ2n) is 8.72. The van der Waals surface area contributed by atoms with Crippen molar-refractivity contribution in [2.45, 2.75) is 17.7 Å². The van der Waals surface area contributed by atoms with Crippen molar-refractivity contribution < 1.29 is 17.9 Å². The molecule has 3 heterocycles. The number of sulfonamides is 1. The number of nitrogens with zero attached hydrogens (tertiary/aromatic N) is 5. The van der Waals surface area contributed by atoms with Gasteiger partial charge in [-0.3, -0.25) is 4.79 Å². The molecule has 4 aromatic rings. The molecule has 188 valence electrons. The van der Waals surface area contributed by atoms with E-state index >= 15 is 0 Å². The Morgan fingerprint density at radius 3 is 2.84 bits per heavy atom. The highest BCUT2D eigenvalue weighted by atomic mass is 32.2. The van der Waals surface area contributed by atoms with Crippen LogP contribution in [0.5, 0.6) is 5.75 Å². The minimum absolute atomic E-state index is 0.0392. The lowest BCUT2D eigenvalue weighted by Crippen LogP contribution is -2.31. The molecule has 1 saturated heterocycles. The summed E-state index contributed by atoms with van der Waals surface area (Å²) in [6, 6.07) is 17.4. The van der Waals surface area contributed by atoms with Crippen LogP contribution in [0.3, 0.4) is 0 Å². The lowest BCUT2D eigenvalue weighted by atomic mass is 10.1. The van der Waals surface area contributed by atoms with Crippen molar-refractivity contribution in [3.63, 3.8) is 0 Å². The van der Waals surface area contributed by atoms with Crippen molar-refractivity contribution in [1.29, 1.82) is 5.26 Å². The average Bonchev–Trinajstić information content (AvgIpc) is 3.60. The minimum atomic E-state index is -4.28. The average molecular weight is 517 g/mol. The first-order chi connectivity index (χ1) is 17.9. The third-order valence-corrected chi connectivity index (χ3v) is 7.74. The van der Waals surface area contributed by atoms with Gasteiger partial charge in [-0.1, -0.05) is 6.07 Å². The second kappa shape index (κ2) is 9.91. The summed E-state index contributed by atoms with van der Waals surface area (Å²) in [5.41, 5.74) is 1.96. The molecule has 0 saturated carbocycles. The second-order valence-corrected chi connectivity index (χ2v) is 10.4. The van der Waals surface area contributed by atoms with Crippen LogP contribution in [-0.2, 0) is 10.0 Å². The van der Waals surface area contributed by atoms with Crippen LogP contribution in [0.2, 0.25) is 0 Å². The molecule has 1 amide bonds. The molecule has 1 fully saturated rings. The van der Waals surface area contributed by atoms with E-state index in [4.69, 9.17) is 10.00 Å². The van der Waals surface area contributed by atoms with E-state index in [1.807, 2.05) is 11.0 Å². The van der Waals surface area contributed by atoms with Crippen molar-refractivity contribution in [1.82, 2.24) is 19.5 Å². The predicted octanol–water partition coefficient (Wildman–Crippen LogP) is 3.29. The summed E-state index contributed by atoms with van der Waals surface area (Å²) in [6.07, 6.45) is 4.77. The molecule has 1 unspecified atom stereocenters. The van der Waals surface area contributed by atoms with E-state index in [9.17, 15) is 13.2 Å². The zero-order valence-electron chi connectivity index (χ0n) is 20.0. The van der Waals surface area contributed by atoms with Gasteiger partial charge in [0.15, 0.2) is 0 Å². The molecular weight excluding hydrogens is 492 g/mol. The van der Waals surface area contributed by atoms with Gasteiger partial charge < -0.3 is 9.64 Å². The Morgan fingerprint density at radius 1 is 1.22 bits per heavy atom. The third-order valence-electron chi connectivity index (χ3n) is 6.39. The van der Waals surface area contributed by atoms with E-state index in [0.29, 0.717) is 30.7 Å². The molecule has 37 heavy (non-hydrogen) atoms. The summed E-state index contributed by atoms with van der Waals surface area (Å²) in [7, 11) is -2.91. The molecule has 1 atom stereocenters. The first kappa shape index (κ1) is 24.3. The molecule has 1 aliphatic heterocycles. The van der Waals surface area contributed by atoms with Crippen molar-refractivity contribution in [2.75, 3.05) is 25.1 Å². The van der Waals surface area contributed by atoms with Gasteiger partial charge in [0.25, 0.3) is 15.9 Å². The fourth-order valence-corrected chi connectivity index (χ4v) is 5.69. The minimum Gasteiger partial charge on any atom is -0.495 e. The van der Waals surface area contributed by atoms with Crippen molar-refractivity contribution in [3.8, 4) is 17.5 Å². The maximum absolute atomic E-state index is 13.3. The first-order valence-corrected chi connectivity index (χ1v) is 13.1. The molecule has 11 heteroatoms. The van der Waals surface area contributed by atoms with Gasteiger partial charge in [-0.2, -0.15) is 10.4 Å². The van der Waals surface area contributed by atoms with E-state index in [2.05, 4.69) is 20.9 Å². The van der Waals surface area contributed by atoms with Crippen LogP contribution in [0.25, 0.3) is 16.6 Å². The summed E-state index contributed by atoms with van der Waals surface area (Å²) in [5, 5.41) is 14.0. The van der Waals surface area contributed by atoms with E-state index in [1.165, 1.54) is 19.2 Å². The molecule has 0 aliphatic carbocycles. The number of carbonyl (C=O) groups excluding carboxylic acids is 1. The quantitative estimate of drug-likeness (QED) is 0.396. The number of anilines is 1.